The molecule has 1 aromatic rings. The minimum Gasteiger partial charge on any atom is -0.506 e. The number of rotatable bonds is 3. The number of hydrogen-bond donors (Lipinski definition) is 2. The molecule has 0 saturated carbocycles. The summed E-state index contributed by atoms with van der Waals surface area (Å²) < 4.78 is 5.49. The number of carbonyl (C=O) groups is 1. The number of benzene rings is 1. The van der Waals surface area contributed by atoms with E-state index in [0.29, 0.717) is 12.3 Å². The maximum Gasteiger partial charge on any atom is 0.230 e. The Morgan fingerprint density at radius 3 is 3.06 bits per heavy atom. The SMILES string of the molecule is CCC1OCCC1C(=O)Nc1ccc(O)c(Cl)c1. The lowest BCUT2D eigenvalue weighted by Crippen LogP contribution is -2.29. The molecule has 0 aliphatic carbocycles. The van der Waals surface area contributed by atoms with Crippen LogP contribution in [0.5, 0.6) is 5.75 Å². The molecule has 0 bridgehead atoms. The maximum absolute atomic E-state index is 12.1. The number of aromatic hydroxyl groups is 1. The Bertz CT molecular complexity index is 450. The third kappa shape index (κ3) is 2.76. The van der Waals surface area contributed by atoms with Crippen molar-refractivity contribution in [1.82, 2.24) is 0 Å². The monoisotopic (exact) mass is 269 g/mol. The predicted molar refractivity (Wildman–Crippen MR) is 69.9 cm³/mol. The summed E-state index contributed by atoms with van der Waals surface area (Å²) in [6.07, 6.45) is 1.57. The summed E-state index contributed by atoms with van der Waals surface area (Å²) in [5, 5.41) is 12.3. The van der Waals surface area contributed by atoms with Crippen molar-refractivity contribution in [3.05, 3.63) is 23.2 Å². The summed E-state index contributed by atoms with van der Waals surface area (Å²) >= 11 is 5.79. The Balaban J connectivity index is 2.04. The molecule has 5 heteroatoms. The molecule has 1 aliphatic rings. The topological polar surface area (TPSA) is 58.6 Å². The molecular weight excluding hydrogens is 254 g/mol. The van der Waals surface area contributed by atoms with E-state index in [-0.39, 0.29) is 28.7 Å². The van der Waals surface area contributed by atoms with E-state index >= 15 is 0 Å². The molecule has 1 heterocycles. The molecule has 2 rings (SSSR count). The van der Waals surface area contributed by atoms with Crippen molar-refractivity contribution in [2.75, 3.05) is 11.9 Å². The van der Waals surface area contributed by atoms with Gasteiger partial charge < -0.3 is 15.2 Å². The number of ether oxygens (including phenoxy) is 1. The van der Waals surface area contributed by atoms with Gasteiger partial charge in [0.05, 0.1) is 17.0 Å². The molecule has 1 aromatic carbocycles. The van der Waals surface area contributed by atoms with Crippen molar-refractivity contribution < 1.29 is 14.6 Å². The molecule has 0 aromatic heterocycles. The number of halogens is 1. The smallest absolute Gasteiger partial charge is 0.230 e. The van der Waals surface area contributed by atoms with Crippen molar-refractivity contribution in [3.8, 4) is 5.75 Å². The Kier molecular flexibility index (Phi) is 4.09. The van der Waals surface area contributed by atoms with Crippen LogP contribution in [0.4, 0.5) is 5.69 Å². The second kappa shape index (κ2) is 5.59. The zero-order chi connectivity index (χ0) is 13.1. The summed E-state index contributed by atoms with van der Waals surface area (Å²) in [6, 6.07) is 4.61. The minimum absolute atomic E-state index is 0.00223. The average Bonchev–Trinajstić information content (AvgIpc) is 2.82. The fraction of sp³-hybridized carbons (Fsp3) is 0.462. The Morgan fingerprint density at radius 2 is 2.39 bits per heavy atom. The maximum atomic E-state index is 12.1. The molecule has 2 unspecified atom stereocenters. The minimum atomic E-state index is -0.109. The largest absolute Gasteiger partial charge is 0.506 e. The van der Waals surface area contributed by atoms with Gasteiger partial charge in [-0.15, -0.1) is 0 Å². The van der Waals surface area contributed by atoms with Crippen LogP contribution in [0.1, 0.15) is 19.8 Å². The molecule has 0 radical (unpaired) electrons. The van der Waals surface area contributed by atoms with E-state index in [1.807, 2.05) is 6.92 Å². The van der Waals surface area contributed by atoms with E-state index in [9.17, 15) is 9.90 Å². The number of hydrogen-bond acceptors (Lipinski definition) is 3. The van der Waals surface area contributed by atoms with Crippen molar-refractivity contribution in [2.45, 2.75) is 25.9 Å². The quantitative estimate of drug-likeness (QED) is 0.830. The van der Waals surface area contributed by atoms with Gasteiger partial charge in [-0.05, 0) is 31.0 Å². The third-order valence-electron chi connectivity index (χ3n) is 3.16. The van der Waals surface area contributed by atoms with E-state index < -0.39 is 0 Å². The number of carbonyl (C=O) groups excluding carboxylic acids is 1. The number of phenols is 1. The van der Waals surface area contributed by atoms with E-state index in [0.717, 1.165) is 12.8 Å². The molecule has 1 amide bonds. The van der Waals surface area contributed by atoms with Crippen LogP contribution in [0.25, 0.3) is 0 Å². The van der Waals surface area contributed by atoms with Gasteiger partial charge in [0.2, 0.25) is 5.91 Å². The lowest BCUT2D eigenvalue weighted by atomic mass is 9.98. The Morgan fingerprint density at radius 1 is 1.61 bits per heavy atom. The molecule has 4 nitrogen and oxygen atoms in total. The first-order valence-electron chi connectivity index (χ1n) is 6.02. The fourth-order valence-electron chi connectivity index (χ4n) is 2.17. The van der Waals surface area contributed by atoms with E-state index in [4.69, 9.17) is 16.3 Å². The number of nitrogens with one attached hydrogen (secondary N) is 1. The fourth-order valence-corrected chi connectivity index (χ4v) is 2.35. The van der Waals surface area contributed by atoms with Crippen LogP contribution in [0.15, 0.2) is 18.2 Å². The number of phenolic OH excluding ortho intramolecular Hbond substituents is 1. The highest BCUT2D eigenvalue weighted by Crippen LogP contribution is 2.28. The van der Waals surface area contributed by atoms with Gasteiger partial charge in [-0.1, -0.05) is 18.5 Å². The molecule has 1 saturated heterocycles. The second-order valence-electron chi connectivity index (χ2n) is 4.37. The van der Waals surface area contributed by atoms with Gasteiger partial charge >= 0.3 is 0 Å². The van der Waals surface area contributed by atoms with Crippen molar-refractivity contribution in [2.24, 2.45) is 5.92 Å². The summed E-state index contributed by atoms with van der Waals surface area (Å²) in [5.41, 5.74) is 0.588. The zero-order valence-corrected chi connectivity index (χ0v) is 10.9. The summed E-state index contributed by atoms with van der Waals surface area (Å²) in [4.78, 5) is 12.1. The van der Waals surface area contributed by atoms with Gasteiger partial charge in [0.1, 0.15) is 5.75 Å². The Labute approximate surface area is 111 Å². The van der Waals surface area contributed by atoms with Gasteiger partial charge in [-0.2, -0.15) is 0 Å². The molecule has 1 aliphatic heterocycles. The van der Waals surface area contributed by atoms with Crippen molar-refractivity contribution >= 4 is 23.2 Å². The first-order chi connectivity index (χ1) is 8.61. The highest BCUT2D eigenvalue weighted by atomic mass is 35.5. The lowest BCUT2D eigenvalue weighted by molar-refractivity contribution is -0.121. The van der Waals surface area contributed by atoms with Crippen LogP contribution in [-0.2, 0) is 9.53 Å². The van der Waals surface area contributed by atoms with E-state index in [1.54, 1.807) is 6.07 Å². The van der Waals surface area contributed by atoms with Crippen LogP contribution in [0.3, 0.4) is 0 Å². The predicted octanol–water partition coefficient (Wildman–Crippen LogP) is 2.80. The molecular formula is C13H16ClNO3. The van der Waals surface area contributed by atoms with Crippen LogP contribution in [0, 0.1) is 5.92 Å². The van der Waals surface area contributed by atoms with Crippen LogP contribution < -0.4 is 5.32 Å². The number of anilines is 1. The lowest BCUT2D eigenvalue weighted by Gasteiger charge is -2.16. The summed E-state index contributed by atoms with van der Waals surface area (Å²) in [7, 11) is 0. The van der Waals surface area contributed by atoms with Crippen LogP contribution in [-0.4, -0.2) is 23.7 Å². The normalized spacial score (nSPS) is 23.0. The highest BCUT2D eigenvalue weighted by Gasteiger charge is 2.32. The first kappa shape index (κ1) is 13.2. The third-order valence-corrected chi connectivity index (χ3v) is 3.47. The van der Waals surface area contributed by atoms with Crippen molar-refractivity contribution in [3.63, 3.8) is 0 Å². The number of amides is 1. The van der Waals surface area contributed by atoms with Crippen LogP contribution in [0.2, 0.25) is 5.02 Å². The summed E-state index contributed by atoms with van der Waals surface area (Å²) in [5.74, 6) is -0.158. The van der Waals surface area contributed by atoms with Crippen LogP contribution >= 0.6 is 11.6 Å². The average molecular weight is 270 g/mol. The Hall–Kier alpha value is -1.26. The molecule has 2 atom stereocenters. The van der Waals surface area contributed by atoms with E-state index in [2.05, 4.69) is 5.32 Å². The molecule has 1 fully saturated rings. The molecule has 2 N–H and O–H groups in total. The molecule has 0 spiro atoms. The van der Waals surface area contributed by atoms with Gasteiger partial charge in [-0.3, -0.25) is 4.79 Å². The van der Waals surface area contributed by atoms with E-state index in [1.165, 1.54) is 12.1 Å². The van der Waals surface area contributed by atoms with Gasteiger partial charge in [0.25, 0.3) is 0 Å². The second-order valence-corrected chi connectivity index (χ2v) is 4.78. The first-order valence-corrected chi connectivity index (χ1v) is 6.40. The van der Waals surface area contributed by atoms with Crippen molar-refractivity contribution in [1.29, 1.82) is 0 Å². The highest BCUT2D eigenvalue weighted by molar-refractivity contribution is 6.32. The summed E-state index contributed by atoms with van der Waals surface area (Å²) in [6.45, 7) is 2.64. The van der Waals surface area contributed by atoms with Gasteiger partial charge in [-0.25, -0.2) is 0 Å². The standard InChI is InChI=1S/C13H16ClNO3/c1-2-12-9(5-6-18-12)13(17)15-8-3-4-11(16)10(14)7-8/h3-4,7,9,12,16H,2,5-6H2,1H3,(H,15,17). The molecule has 98 valence electrons. The zero-order valence-electron chi connectivity index (χ0n) is 10.1. The van der Waals surface area contributed by atoms with Gasteiger partial charge in [0.15, 0.2) is 0 Å². The van der Waals surface area contributed by atoms with Gasteiger partial charge in [0, 0.05) is 12.3 Å². The molecule has 18 heavy (non-hydrogen) atoms.